The second kappa shape index (κ2) is 8.10. The Kier molecular flexibility index (Phi) is 5.51. The van der Waals surface area contributed by atoms with E-state index in [2.05, 4.69) is 15.7 Å². The van der Waals surface area contributed by atoms with E-state index < -0.39 is 11.6 Å². The smallest absolute Gasteiger partial charge is 0.323 e. The van der Waals surface area contributed by atoms with Crippen molar-refractivity contribution in [1.82, 2.24) is 20.0 Å². The highest BCUT2D eigenvalue weighted by Gasteiger charge is 2.51. The molecule has 2 N–H and O–H groups in total. The molecule has 4 rings (SSSR count). The number of urea groups is 1. The number of halogens is 1. The predicted octanol–water partition coefficient (Wildman–Crippen LogP) is 3.42. The summed E-state index contributed by atoms with van der Waals surface area (Å²) in [6, 6.07) is 8.50. The monoisotopic (exact) mass is 429 g/mol. The van der Waals surface area contributed by atoms with Gasteiger partial charge in [-0.3, -0.25) is 14.5 Å². The lowest BCUT2D eigenvalue weighted by Crippen LogP contribution is -2.48. The molecule has 9 heteroatoms. The molecule has 30 heavy (non-hydrogen) atoms. The Morgan fingerprint density at radius 2 is 2.00 bits per heavy atom. The van der Waals surface area contributed by atoms with Gasteiger partial charge in [0.2, 0.25) is 5.91 Å². The summed E-state index contributed by atoms with van der Waals surface area (Å²) in [6.07, 6.45) is 4.26. The number of aromatic nitrogens is 2. The van der Waals surface area contributed by atoms with E-state index in [0.717, 1.165) is 30.6 Å². The van der Waals surface area contributed by atoms with Crippen molar-refractivity contribution in [3.05, 3.63) is 41.0 Å². The standard InChI is InChI=1S/C21H24ClN5O3/c1-14-12-17(27(25-14)16-7-5-6-15(22)13-16)23-18(28)8-11-26-19(29)21(24-20(26)30)9-3-2-4-10-21/h5-7,12-13H,2-4,8-11H2,1H3,(H,23,28)(H,24,30). The highest BCUT2D eigenvalue weighted by molar-refractivity contribution is 6.30. The van der Waals surface area contributed by atoms with E-state index in [1.807, 2.05) is 13.0 Å². The molecule has 158 valence electrons. The van der Waals surface area contributed by atoms with E-state index in [-0.39, 0.29) is 24.8 Å². The highest BCUT2D eigenvalue weighted by atomic mass is 35.5. The third kappa shape index (κ3) is 3.92. The highest BCUT2D eigenvalue weighted by Crippen LogP contribution is 2.33. The van der Waals surface area contributed by atoms with Gasteiger partial charge in [0, 0.05) is 24.1 Å². The molecule has 0 bridgehead atoms. The Morgan fingerprint density at radius 1 is 1.23 bits per heavy atom. The Morgan fingerprint density at radius 3 is 2.73 bits per heavy atom. The molecule has 2 heterocycles. The SMILES string of the molecule is Cc1cc(NC(=O)CCN2C(=O)NC3(CCCCC3)C2=O)n(-c2cccc(Cl)c2)n1. The van der Waals surface area contributed by atoms with Gasteiger partial charge < -0.3 is 10.6 Å². The number of carbonyl (C=O) groups excluding carboxylic acids is 3. The summed E-state index contributed by atoms with van der Waals surface area (Å²) < 4.78 is 1.60. The number of anilines is 1. The minimum Gasteiger partial charge on any atom is -0.323 e. The number of hydrogen-bond donors (Lipinski definition) is 2. The summed E-state index contributed by atoms with van der Waals surface area (Å²) in [6.45, 7) is 1.87. The van der Waals surface area contributed by atoms with E-state index in [9.17, 15) is 14.4 Å². The Labute approximate surface area is 179 Å². The summed E-state index contributed by atoms with van der Waals surface area (Å²) in [4.78, 5) is 38.9. The lowest BCUT2D eigenvalue weighted by Gasteiger charge is -2.30. The van der Waals surface area contributed by atoms with Crippen molar-refractivity contribution in [3.8, 4) is 5.69 Å². The summed E-state index contributed by atoms with van der Waals surface area (Å²) in [5.74, 6) is -0.0103. The molecule has 1 aromatic carbocycles. The van der Waals surface area contributed by atoms with Crippen LogP contribution < -0.4 is 10.6 Å². The maximum absolute atomic E-state index is 12.8. The fraction of sp³-hybridized carbons (Fsp3) is 0.429. The number of aryl methyl sites for hydroxylation is 1. The molecule has 1 spiro atoms. The number of hydrogen-bond acceptors (Lipinski definition) is 4. The van der Waals surface area contributed by atoms with Crippen LogP contribution in [-0.2, 0) is 9.59 Å². The Balaban J connectivity index is 1.41. The quantitative estimate of drug-likeness (QED) is 0.712. The Hall–Kier alpha value is -2.87. The van der Waals surface area contributed by atoms with E-state index in [1.54, 1.807) is 28.9 Å². The largest absolute Gasteiger partial charge is 0.325 e. The third-order valence-electron chi connectivity index (χ3n) is 5.67. The summed E-state index contributed by atoms with van der Waals surface area (Å²) in [5, 5.41) is 10.7. The molecular weight excluding hydrogens is 406 g/mol. The summed E-state index contributed by atoms with van der Waals surface area (Å²) in [7, 11) is 0. The van der Waals surface area contributed by atoms with E-state index in [4.69, 9.17) is 11.6 Å². The molecule has 1 aliphatic carbocycles. The van der Waals surface area contributed by atoms with Crippen molar-refractivity contribution >= 4 is 35.3 Å². The summed E-state index contributed by atoms with van der Waals surface area (Å²) >= 11 is 6.07. The topological polar surface area (TPSA) is 96.3 Å². The van der Waals surface area contributed by atoms with E-state index in [1.165, 1.54) is 4.90 Å². The van der Waals surface area contributed by atoms with Crippen molar-refractivity contribution in [2.75, 3.05) is 11.9 Å². The van der Waals surface area contributed by atoms with Crippen LogP contribution in [0.3, 0.4) is 0 Å². The number of nitrogens with zero attached hydrogens (tertiary/aromatic N) is 3. The molecule has 1 aromatic heterocycles. The lowest BCUT2D eigenvalue weighted by molar-refractivity contribution is -0.132. The van der Waals surface area contributed by atoms with Crippen molar-refractivity contribution in [1.29, 1.82) is 0 Å². The van der Waals surface area contributed by atoms with Crippen LogP contribution >= 0.6 is 11.6 Å². The normalized spacial score (nSPS) is 18.0. The summed E-state index contributed by atoms with van der Waals surface area (Å²) in [5.41, 5.74) is 0.687. The van der Waals surface area contributed by atoms with Crippen molar-refractivity contribution in [2.45, 2.75) is 51.0 Å². The third-order valence-corrected chi connectivity index (χ3v) is 5.90. The van der Waals surface area contributed by atoms with Gasteiger partial charge in [0.1, 0.15) is 11.4 Å². The second-order valence-corrected chi connectivity index (χ2v) is 8.33. The molecular formula is C21H24ClN5O3. The zero-order chi connectivity index (χ0) is 21.3. The minimum absolute atomic E-state index is 0.00894. The number of rotatable bonds is 5. The molecule has 1 saturated carbocycles. The maximum Gasteiger partial charge on any atom is 0.325 e. The van der Waals surface area contributed by atoms with E-state index in [0.29, 0.717) is 23.7 Å². The molecule has 8 nitrogen and oxygen atoms in total. The van der Waals surface area contributed by atoms with Gasteiger partial charge in [0.15, 0.2) is 0 Å². The van der Waals surface area contributed by atoms with Gasteiger partial charge in [-0.05, 0) is 38.0 Å². The van der Waals surface area contributed by atoms with Crippen LogP contribution in [0.4, 0.5) is 10.6 Å². The lowest BCUT2D eigenvalue weighted by atomic mass is 9.82. The number of amides is 4. The average molecular weight is 430 g/mol. The first-order chi connectivity index (χ1) is 14.4. The van der Waals surface area contributed by atoms with Crippen LogP contribution in [-0.4, -0.2) is 44.6 Å². The zero-order valence-corrected chi connectivity index (χ0v) is 17.5. The molecule has 0 atom stereocenters. The van der Waals surface area contributed by atoms with Crippen LogP contribution in [0.5, 0.6) is 0 Å². The average Bonchev–Trinajstić information content (AvgIpc) is 3.18. The minimum atomic E-state index is -0.770. The van der Waals surface area contributed by atoms with E-state index >= 15 is 0 Å². The van der Waals surface area contributed by atoms with Gasteiger partial charge in [0.25, 0.3) is 5.91 Å². The van der Waals surface area contributed by atoms with Gasteiger partial charge >= 0.3 is 6.03 Å². The first kappa shape index (κ1) is 20.4. The van der Waals surface area contributed by atoms with Gasteiger partial charge in [-0.1, -0.05) is 36.9 Å². The van der Waals surface area contributed by atoms with Gasteiger partial charge in [-0.2, -0.15) is 5.10 Å². The van der Waals surface area contributed by atoms with Gasteiger partial charge in [-0.15, -0.1) is 0 Å². The van der Waals surface area contributed by atoms with Crippen LogP contribution in [0.15, 0.2) is 30.3 Å². The van der Waals surface area contributed by atoms with Crippen LogP contribution in [0, 0.1) is 6.92 Å². The molecule has 1 saturated heterocycles. The number of nitrogens with one attached hydrogen (secondary N) is 2. The Bertz CT molecular complexity index is 996. The second-order valence-electron chi connectivity index (χ2n) is 7.89. The predicted molar refractivity (Wildman–Crippen MR) is 113 cm³/mol. The molecule has 2 aromatic rings. The number of benzene rings is 1. The molecule has 2 fully saturated rings. The molecule has 4 amide bonds. The van der Waals surface area contributed by atoms with Gasteiger partial charge in [0.05, 0.1) is 11.4 Å². The first-order valence-electron chi connectivity index (χ1n) is 10.1. The molecule has 2 aliphatic rings. The van der Waals surface area contributed by atoms with Crippen LogP contribution in [0.25, 0.3) is 5.69 Å². The van der Waals surface area contributed by atoms with Crippen molar-refractivity contribution < 1.29 is 14.4 Å². The zero-order valence-electron chi connectivity index (χ0n) is 16.8. The molecule has 1 aliphatic heterocycles. The number of carbonyl (C=O) groups is 3. The molecule has 0 radical (unpaired) electrons. The number of imide groups is 1. The van der Waals surface area contributed by atoms with Crippen molar-refractivity contribution in [2.24, 2.45) is 0 Å². The van der Waals surface area contributed by atoms with Crippen LogP contribution in [0.1, 0.15) is 44.2 Å². The fourth-order valence-electron chi connectivity index (χ4n) is 4.19. The first-order valence-corrected chi connectivity index (χ1v) is 10.5. The van der Waals surface area contributed by atoms with Crippen LogP contribution in [0.2, 0.25) is 5.02 Å². The maximum atomic E-state index is 12.8. The molecule has 0 unspecified atom stereocenters. The van der Waals surface area contributed by atoms with Gasteiger partial charge in [-0.25, -0.2) is 9.48 Å². The van der Waals surface area contributed by atoms with Crippen molar-refractivity contribution in [3.63, 3.8) is 0 Å². The fourth-order valence-corrected chi connectivity index (χ4v) is 4.37.